The molecule has 1 atom stereocenters. The van der Waals surface area contributed by atoms with E-state index in [0.29, 0.717) is 12.2 Å². The van der Waals surface area contributed by atoms with Crippen molar-refractivity contribution in [2.45, 2.75) is 11.3 Å². The van der Waals surface area contributed by atoms with Crippen LogP contribution in [0.5, 0.6) is 5.75 Å². The number of benzene rings is 1. The Balaban J connectivity index is 2.04. The molecule has 20 heavy (non-hydrogen) atoms. The molecule has 0 radical (unpaired) electrons. The van der Waals surface area contributed by atoms with Crippen LogP contribution in [0.2, 0.25) is 0 Å². The van der Waals surface area contributed by atoms with E-state index < -0.39 is 19.9 Å². The van der Waals surface area contributed by atoms with E-state index in [1.54, 1.807) is 12.1 Å². The number of hydrogen-bond acceptors (Lipinski definition) is 5. The highest BCUT2D eigenvalue weighted by molar-refractivity contribution is 7.91. The first kappa shape index (κ1) is 15.3. The summed E-state index contributed by atoms with van der Waals surface area (Å²) in [5.74, 6) is 0.489. The lowest BCUT2D eigenvalue weighted by Crippen LogP contribution is -2.30. The highest BCUT2D eigenvalue weighted by atomic mass is 32.2. The summed E-state index contributed by atoms with van der Waals surface area (Å²) < 4.78 is 54.3. The molecule has 0 amide bonds. The van der Waals surface area contributed by atoms with Crippen molar-refractivity contribution < 1.29 is 21.6 Å². The molecule has 1 aliphatic heterocycles. The van der Waals surface area contributed by atoms with Crippen LogP contribution >= 0.6 is 0 Å². The van der Waals surface area contributed by atoms with Crippen LogP contribution in [-0.2, 0) is 19.9 Å². The number of rotatable bonds is 5. The van der Waals surface area contributed by atoms with Gasteiger partial charge >= 0.3 is 0 Å². The van der Waals surface area contributed by atoms with Gasteiger partial charge in [0.1, 0.15) is 5.75 Å². The van der Waals surface area contributed by atoms with Gasteiger partial charge in [0.2, 0.25) is 10.0 Å². The van der Waals surface area contributed by atoms with Gasteiger partial charge in [-0.25, -0.2) is 21.6 Å². The van der Waals surface area contributed by atoms with Crippen molar-refractivity contribution in [3.63, 3.8) is 0 Å². The van der Waals surface area contributed by atoms with Gasteiger partial charge in [-0.3, -0.25) is 0 Å². The molecule has 0 spiro atoms. The summed E-state index contributed by atoms with van der Waals surface area (Å²) in [4.78, 5) is 0.109. The van der Waals surface area contributed by atoms with Gasteiger partial charge < -0.3 is 4.74 Å². The average molecular weight is 319 g/mol. The molecule has 1 heterocycles. The highest BCUT2D eigenvalue weighted by Crippen LogP contribution is 2.20. The first-order chi connectivity index (χ1) is 9.32. The van der Waals surface area contributed by atoms with E-state index >= 15 is 0 Å². The quantitative estimate of drug-likeness (QED) is 0.849. The van der Waals surface area contributed by atoms with E-state index in [1.165, 1.54) is 19.2 Å². The second-order valence-corrected chi connectivity index (χ2v) is 8.80. The lowest BCUT2D eigenvalue weighted by atomic mass is 10.1. The predicted molar refractivity (Wildman–Crippen MR) is 74.9 cm³/mol. The summed E-state index contributed by atoms with van der Waals surface area (Å²) in [5, 5.41) is 0. The summed E-state index contributed by atoms with van der Waals surface area (Å²) >= 11 is 0. The van der Waals surface area contributed by atoms with Crippen molar-refractivity contribution in [3.8, 4) is 5.75 Å². The van der Waals surface area contributed by atoms with Crippen LogP contribution in [0.4, 0.5) is 0 Å². The van der Waals surface area contributed by atoms with E-state index in [4.69, 9.17) is 4.74 Å². The molecule has 1 fully saturated rings. The molecule has 0 bridgehead atoms. The highest BCUT2D eigenvalue weighted by Gasteiger charge is 2.29. The fourth-order valence-corrected chi connectivity index (χ4v) is 5.12. The van der Waals surface area contributed by atoms with Crippen molar-refractivity contribution in [2.75, 3.05) is 25.2 Å². The molecule has 112 valence electrons. The van der Waals surface area contributed by atoms with E-state index in [2.05, 4.69) is 4.72 Å². The van der Waals surface area contributed by atoms with Crippen LogP contribution < -0.4 is 9.46 Å². The number of nitrogens with one attached hydrogen (secondary N) is 1. The van der Waals surface area contributed by atoms with Gasteiger partial charge in [-0.1, -0.05) is 6.07 Å². The predicted octanol–water partition coefficient (Wildman–Crippen LogP) is 0.408. The van der Waals surface area contributed by atoms with E-state index in [9.17, 15) is 16.8 Å². The van der Waals surface area contributed by atoms with Gasteiger partial charge in [-0.15, -0.1) is 0 Å². The lowest BCUT2D eigenvalue weighted by molar-refractivity contribution is 0.413. The van der Waals surface area contributed by atoms with Gasteiger partial charge in [0.15, 0.2) is 9.84 Å². The van der Waals surface area contributed by atoms with Crippen LogP contribution in [0.1, 0.15) is 6.42 Å². The molecule has 0 saturated carbocycles. The molecule has 6 nitrogen and oxygen atoms in total. The Morgan fingerprint density at radius 3 is 2.75 bits per heavy atom. The zero-order valence-electron chi connectivity index (χ0n) is 11.1. The molecule has 0 aliphatic carbocycles. The minimum atomic E-state index is -3.64. The van der Waals surface area contributed by atoms with Crippen LogP contribution in [0.25, 0.3) is 0 Å². The van der Waals surface area contributed by atoms with Gasteiger partial charge in [-0.05, 0) is 24.5 Å². The summed E-state index contributed by atoms with van der Waals surface area (Å²) in [5.41, 5.74) is 0. The summed E-state index contributed by atoms with van der Waals surface area (Å²) in [6.45, 7) is 0.138. The fraction of sp³-hybridized carbons (Fsp3) is 0.500. The maximum absolute atomic E-state index is 12.1. The Morgan fingerprint density at radius 1 is 1.40 bits per heavy atom. The molecule has 1 aromatic carbocycles. The minimum Gasteiger partial charge on any atom is -0.497 e. The summed E-state index contributed by atoms with van der Waals surface area (Å²) in [6.07, 6.45) is 0.503. The standard InChI is InChI=1S/C12H17NO5S2/c1-18-11-3-2-4-12(7-11)20(16,17)13-8-10-5-6-19(14,15)9-10/h2-4,7,10,13H,5-6,8-9H2,1H3/t10-/m1/s1. The Morgan fingerprint density at radius 2 is 2.15 bits per heavy atom. The van der Waals surface area contributed by atoms with Crippen molar-refractivity contribution >= 4 is 19.9 Å². The molecule has 0 aromatic heterocycles. The zero-order valence-corrected chi connectivity index (χ0v) is 12.7. The van der Waals surface area contributed by atoms with Gasteiger partial charge in [0.25, 0.3) is 0 Å². The second kappa shape index (κ2) is 5.71. The van der Waals surface area contributed by atoms with Gasteiger partial charge in [0.05, 0.1) is 23.5 Å². The maximum atomic E-state index is 12.1. The van der Waals surface area contributed by atoms with E-state index in [0.717, 1.165) is 0 Å². The molecule has 0 unspecified atom stereocenters. The summed E-state index contributed by atoms with van der Waals surface area (Å²) in [7, 11) is -5.17. The minimum absolute atomic E-state index is 0.0492. The van der Waals surface area contributed by atoms with Crippen LogP contribution in [0.15, 0.2) is 29.2 Å². The van der Waals surface area contributed by atoms with Crippen molar-refractivity contribution in [1.82, 2.24) is 4.72 Å². The Kier molecular flexibility index (Phi) is 4.36. The Labute approximate surface area is 119 Å². The van der Waals surface area contributed by atoms with Gasteiger partial charge in [-0.2, -0.15) is 0 Å². The number of ether oxygens (including phenoxy) is 1. The molecule has 1 saturated heterocycles. The first-order valence-electron chi connectivity index (χ1n) is 6.16. The topological polar surface area (TPSA) is 89.5 Å². The van der Waals surface area contributed by atoms with E-state index in [-0.39, 0.29) is 28.9 Å². The van der Waals surface area contributed by atoms with Crippen LogP contribution in [-0.4, -0.2) is 42.0 Å². The number of sulfone groups is 1. The molecule has 1 aliphatic rings. The average Bonchev–Trinajstić information content (AvgIpc) is 2.76. The third kappa shape index (κ3) is 3.71. The zero-order chi connectivity index (χ0) is 14.8. The number of methoxy groups -OCH3 is 1. The maximum Gasteiger partial charge on any atom is 0.240 e. The fourth-order valence-electron chi connectivity index (χ4n) is 2.11. The second-order valence-electron chi connectivity index (χ2n) is 4.80. The largest absolute Gasteiger partial charge is 0.497 e. The molecular formula is C12H17NO5S2. The lowest BCUT2D eigenvalue weighted by Gasteiger charge is -2.11. The number of sulfonamides is 1. The van der Waals surface area contributed by atoms with Crippen LogP contribution in [0, 0.1) is 5.92 Å². The van der Waals surface area contributed by atoms with Crippen LogP contribution in [0.3, 0.4) is 0 Å². The van der Waals surface area contributed by atoms with Crippen molar-refractivity contribution in [1.29, 1.82) is 0 Å². The third-order valence-corrected chi connectivity index (χ3v) is 6.50. The van der Waals surface area contributed by atoms with Gasteiger partial charge in [0, 0.05) is 12.6 Å². The Bertz CT molecular complexity index is 682. The molecule has 8 heteroatoms. The van der Waals surface area contributed by atoms with Crippen molar-refractivity contribution in [3.05, 3.63) is 24.3 Å². The molecule has 1 aromatic rings. The summed E-state index contributed by atoms with van der Waals surface area (Å²) in [6, 6.07) is 6.14. The molecule has 2 rings (SSSR count). The smallest absolute Gasteiger partial charge is 0.240 e. The SMILES string of the molecule is COc1cccc(S(=O)(=O)NC[C@H]2CCS(=O)(=O)C2)c1. The van der Waals surface area contributed by atoms with Crippen molar-refractivity contribution in [2.24, 2.45) is 5.92 Å². The first-order valence-corrected chi connectivity index (χ1v) is 9.47. The monoisotopic (exact) mass is 319 g/mol. The normalized spacial score (nSPS) is 21.8. The molecular weight excluding hydrogens is 302 g/mol. The number of hydrogen-bond donors (Lipinski definition) is 1. The Hall–Kier alpha value is -1.12. The molecule has 1 N–H and O–H groups in total. The third-order valence-electron chi connectivity index (χ3n) is 3.24. The van der Waals surface area contributed by atoms with E-state index in [1.807, 2.05) is 0 Å².